The molecule has 148 valence electrons. The molecule has 1 atom stereocenters. The Kier molecular flexibility index (Phi) is 4.17. The summed E-state index contributed by atoms with van der Waals surface area (Å²) in [4.78, 5) is 29.9. The van der Waals surface area contributed by atoms with Gasteiger partial charge in [-0.25, -0.2) is 4.79 Å². The monoisotopic (exact) mass is 398 g/mol. The normalized spacial score (nSPS) is 16.4. The van der Waals surface area contributed by atoms with Crippen LogP contribution in [0.1, 0.15) is 18.5 Å². The van der Waals surface area contributed by atoms with Gasteiger partial charge >= 0.3 is 6.03 Å². The molecule has 30 heavy (non-hydrogen) atoms. The quantitative estimate of drug-likeness (QED) is 0.424. The average molecular weight is 398 g/mol. The number of fused-ring (bicyclic) bond motifs is 2. The standard InChI is InChI=1S/C22H18N6O2/c1-12-19(21(29)26-14-7-8-17-13(10-14)11-24-28-17)20(27-22(30)25-12)16-4-2-6-18-15(16)5-3-9-23-18/h2-11,20H,1H3,(H,24,28)(H,26,29)(H2,25,27,30). The molecule has 0 aliphatic carbocycles. The number of aromatic nitrogens is 3. The number of rotatable bonds is 3. The number of allylic oxidation sites excluding steroid dienone is 1. The van der Waals surface area contributed by atoms with Crippen LogP contribution in [-0.2, 0) is 4.79 Å². The summed E-state index contributed by atoms with van der Waals surface area (Å²) in [6, 6.07) is 14.0. The Morgan fingerprint density at radius 3 is 2.93 bits per heavy atom. The number of nitrogens with one attached hydrogen (secondary N) is 4. The van der Waals surface area contributed by atoms with Gasteiger partial charge in [0.15, 0.2) is 0 Å². The molecule has 1 aliphatic heterocycles. The Hall–Kier alpha value is -4.20. The van der Waals surface area contributed by atoms with E-state index < -0.39 is 6.04 Å². The third kappa shape index (κ3) is 3.04. The lowest BCUT2D eigenvalue weighted by Gasteiger charge is -2.29. The number of carbonyl (C=O) groups is 2. The van der Waals surface area contributed by atoms with Crippen molar-refractivity contribution in [2.75, 3.05) is 5.32 Å². The van der Waals surface area contributed by atoms with Crippen molar-refractivity contribution in [2.24, 2.45) is 0 Å². The van der Waals surface area contributed by atoms with Gasteiger partial charge in [-0.1, -0.05) is 18.2 Å². The SMILES string of the molecule is CC1=C(C(=O)Nc2ccc3[nH]ncc3c2)C(c2cccc3ncccc23)NC(=O)N1. The first-order chi connectivity index (χ1) is 14.6. The van der Waals surface area contributed by atoms with Gasteiger partial charge < -0.3 is 16.0 Å². The van der Waals surface area contributed by atoms with Crippen LogP contribution in [0.2, 0.25) is 0 Å². The predicted octanol–water partition coefficient (Wildman–Crippen LogP) is 3.38. The minimum atomic E-state index is -0.607. The van der Waals surface area contributed by atoms with Crippen LogP contribution in [0.25, 0.3) is 21.8 Å². The number of anilines is 1. The molecule has 2 aromatic heterocycles. The first kappa shape index (κ1) is 17.9. The molecule has 5 rings (SSSR count). The van der Waals surface area contributed by atoms with Gasteiger partial charge in [-0.3, -0.25) is 14.9 Å². The number of hydrogen-bond acceptors (Lipinski definition) is 4. The molecule has 0 saturated heterocycles. The number of urea groups is 1. The van der Waals surface area contributed by atoms with Crippen LogP contribution in [-0.4, -0.2) is 27.1 Å². The molecular weight excluding hydrogens is 380 g/mol. The molecule has 4 aromatic rings. The van der Waals surface area contributed by atoms with Crippen LogP contribution in [0.15, 0.2) is 72.2 Å². The summed E-state index contributed by atoms with van der Waals surface area (Å²) in [6.45, 7) is 1.73. The summed E-state index contributed by atoms with van der Waals surface area (Å²) in [5.41, 5.74) is 4.08. The van der Waals surface area contributed by atoms with Crippen molar-refractivity contribution in [3.05, 3.63) is 77.8 Å². The van der Waals surface area contributed by atoms with E-state index in [4.69, 9.17) is 0 Å². The van der Waals surface area contributed by atoms with Gasteiger partial charge in [0, 0.05) is 28.4 Å². The molecule has 4 N–H and O–H groups in total. The van der Waals surface area contributed by atoms with Gasteiger partial charge in [-0.05, 0) is 42.8 Å². The van der Waals surface area contributed by atoms with Crippen molar-refractivity contribution in [1.82, 2.24) is 25.8 Å². The van der Waals surface area contributed by atoms with E-state index in [1.807, 2.05) is 42.5 Å². The Morgan fingerprint density at radius 2 is 2.03 bits per heavy atom. The molecule has 8 nitrogen and oxygen atoms in total. The smallest absolute Gasteiger partial charge is 0.319 e. The minimum absolute atomic E-state index is 0.297. The zero-order valence-electron chi connectivity index (χ0n) is 16.1. The molecule has 0 spiro atoms. The second kappa shape index (κ2) is 7.00. The summed E-state index contributed by atoms with van der Waals surface area (Å²) in [5.74, 6) is -0.297. The number of carbonyl (C=O) groups excluding carboxylic acids is 2. The fourth-order valence-corrected chi connectivity index (χ4v) is 3.83. The van der Waals surface area contributed by atoms with Gasteiger partial charge in [0.2, 0.25) is 0 Å². The lowest BCUT2D eigenvalue weighted by molar-refractivity contribution is -0.113. The molecule has 0 radical (unpaired) electrons. The maximum atomic E-state index is 13.3. The summed E-state index contributed by atoms with van der Waals surface area (Å²) >= 11 is 0. The maximum absolute atomic E-state index is 13.3. The Bertz CT molecular complexity index is 1330. The summed E-state index contributed by atoms with van der Waals surface area (Å²) in [6.07, 6.45) is 3.41. The maximum Gasteiger partial charge on any atom is 0.319 e. The highest BCUT2D eigenvalue weighted by Gasteiger charge is 2.32. The van der Waals surface area contributed by atoms with Crippen LogP contribution in [0.3, 0.4) is 0 Å². The van der Waals surface area contributed by atoms with E-state index in [-0.39, 0.29) is 11.9 Å². The number of amides is 3. The van der Waals surface area contributed by atoms with E-state index in [9.17, 15) is 9.59 Å². The molecule has 2 aromatic carbocycles. The molecule has 1 unspecified atom stereocenters. The Labute approximate surface area is 171 Å². The molecule has 0 fully saturated rings. The Balaban J connectivity index is 1.55. The van der Waals surface area contributed by atoms with Gasteiger partial charge in [0.05, 0.1) is 28.8 Å². The van der Waals surface area contributed by atoms with E-state index >= 15 is 0 Å². The second-order valence-electron chi connectivity index (χ2n) is 7.11. The highest BCUT2D eigenvalue weighted by atomic mass is 16.2. The summed E-state index contributed by atoms with van der Waals surface area (Å²) in [7, 11) is 0. The fraction of sp³-hybridized carbons (Fsp3) is 0.0909. The summed E-state index contributed by atoms with van der Waals surface area (Å²) < 4.78 is 0. The van der Waals surface area contributed by atoms with Crippen LogP contribution < -0.4 is 16.0 Å². The van der Waals surface area contributed by atoms with E-state index in [0.29, 0.717) is 17.0 Å². The van der Waals surface area contributed by atoms with Crippen molar-refractivity contribution in [2.45, 2.75) is 13.0 Å². The van der Waals surface area contributed by atoms with Crippen molar-refractivity contribution in [3.8, 4) is 0 Å². The number of nitrogens with zero attached hydrogens (tertiary/aromatic N) is 2. The molecular formula is C22H18N6O2. The number of hydrogen-bond donors (Lipinski definition) is 4. The average Bonchev–Trinajstić information content (AvgIpc) is 3.20. The molecule has 0 bridgehead atoms. The molecule has 3 heterocycles. The number of H-pyrrole nitrogens is 1. The van der Waals surface area contributed by atoms with Gasteiger partial charge in [-0.15, -0.1) is 0 Å². The highest BCUT2D eigenvalue weighted by molar-refractivity contribution is 6.08. The van der Waals surface area contributed by atoms with E-state index in [0.717, 1.165) is 27.4 Å². The van der Waals surface area contributed by atoms with Crippen LogP contribution in [0.5, 0.6) is 0 Å². The van der Waals surface area contributed by atoms with Gasteiger partial charge in [0.1, 0.15) is 0 Å². The lowest BCUT2D eigenvalue weighted by Crippen LogP contribution is -2.46. The predicted molar refractivity (Wildman–Crippen MR) is 114 cm³/mol. The number of aromatic amines is 1. The number of pyridine rings is 1. The zero-order valence-corrected chi connectivity index (χ0v) is 16.1. The van der Waals surface area contributed by atoms with E-state index in [2.05, 4.69) is 31.1 Å². The van der Waals surface area contributed by atoms with Crippen LogP contribution in [0.4, 0.5) is 10.5 Å². The van der Waals surface area contributed by atoms with Gasteiger partial charge in [-0.2, -0.15) is 5.10 Å². The first-order valence-electron chi connectivity index (χ1n) is 9.46. The Morgan fingerprint density at radius 1 is 1.13 bits per heavy atom. The van der Waals surface area contributed by atoms with Crippen molar-refractivity contribution in [3.63, 3.8) is 0 Å². The van der Waals surface area contributed by atoms with Crippen molar-refractivity contribution in [1.29, 1.82) is 0 Å². The van der Waals surface area contributed by atoms with Crippen LogP contribution >= 0.6 is 0 Å². The largest absolute Gasteiger partial charge is 0.327 e. The molecule has 8 heteroatoms. The third-order valence-corrected chi connectivity index (χ3v) is 5.20. The van der Waals surface area contributed by atoms with Gasteiger partial charge in [0.25, 0.3) is 5.91 Å². The van der Waals surface area contributed by atoms with Crippen molar-refractivity contribution >= 4 is 39.4 Å². The van der Waals surface area contributed by atoms with E-state index in [1.54, 1.807) is 25.4 Å². The second-order valence-corrected chi connectivity index (χ2v) is 7.11. The first-order valence-corrected chi connectivity index (χ1v) is 9.46. The zero-order chi connectivity index (χ0) is 20.7. The summed E-state index contributed by atoms with van der Waals surface area (Å²) in [5, 5.41) is 17.2. The van der Waals surface area contributed by atoms with Crippen LogP contribution in [0, 0.1) is 0 Å². The lowest BCUT2D eigenvalue weighted by atomic mass is 9.92. The molecule has 0 saturated carbocycles. The molecule has 1 aliphatic rings. The van der Waals surface area contributed by atoms with Crippen molar-refractivity contribution < 1.29 is 9.59 Å². The van der Waals surface area contributed by atoms with E-state index in [1.165, 1.54) is 0 Å². The topological polar surface area (TPSA) is 112 Å². The fourth-order valence-electron chi connectivity index (χ4n) is 3.83. The molecule has 3 amide bonds. The third-order valence-electron chi connectivity index (χ3n) is 5.20. The highest BCUT2D eigenvalue weighted by Crippen LogP contribution is 2.32. The minimum Gasteiger partial charge on any atom is -0.327 e. The number of benzene rings is 2.